The van der Waals surface area contributed by atoms with Crippen LogP contribution in [-0.4, -0.2) is 28.8 Å². The highest BCUT2D eigenvalue weighted by molar-refractivity contribution is 9.10. The molecule has 4 aromatic rings. The summed E-state index contributed by atoms with van der Waals surface area (Å²) in [4.78, 5) is 33.1. The lowest BCUT2D eigenvalue weighted by Gasteiger charge is -2.27. The van der Waals surface area contributed by atoms with Gasteiger partial charge in [-0.1, -0.05) is 52.2 Å². The lowest BCUT2D eigenvalue weighted by molar-refractivity contribution is -0.139. The fraction of sp³-hybridized carbons (Fsp3) is 0.281. The molecular formula is C32H31BrClN3O4S. The number of fused-ring (bicyclic) bond motifs is 1. The summed E-state index contributed by atoms with van der Waals surface area (Å²) in [7, 11) is 1.58. The van der Waals surface area contributed by atoms with E-state index < -0.39 is 12.0 Å². The molecule has 7 nitrogen and oxygen atoms in total. The summed E-state index contributed by atoms with van der Waals surface area (Å²) in [5.74, 6) is 0.0707. The number of hydrogen-bond donors (Lipinski definition) is 0. The highest BCUT2D eigenvalue weighted by atomic mass is 79.9. The Kier molecular flexibility index (Phi) is 8.92. The Balaban J connectivity index is 1.76. The SMILES string of the molecule is CCCC1=C(C(=O)OCC)[C@@H](c2cc(Br)ccc2OC)n2c(s/c(=C/c3cc(C)n(-c4ccc(Cl)cc4)c3C)c2=O)=N1. The number of aryl methyl sites for hydroxylation is 1. The number of allylic oxidation sites excluding steroid dienone is 1. The minimum atomic E-state index is -0.766. The van der Waals surface area contributed by atoms with E-state index in [-0.39, 0.29) is 12.2 Å². The lowest BCUT2D eigenvalue weighted by Crippen LogP contribution is -2.40. The van der Waals surface area contributed by atoms with Crippen molar-refractivity contribution in [3.63, 3.8) is 0 Å². The summed E-state index contributed by atoms with van der Waals surface area (Å²) in [6.07, 6.45) is 3.24. The number of halogens is 2. The molecule has 0 N–H and O–H groups in total. The van der Waals surface area contributed by atoms with E-state index in [2.05, 4.69) is 26.6 Å². The molecule has 1 aliphatic rings. The van der Waals surface area contributed by atoms with Gasteiger partial charge in [-0.25, -0.2) is 9.79 Å². The first kappa shape index (κ1) is 30.1. The standard InChI is InChI=1S/C32H31BrClN3O4S/c1-6-8-25-28(31(39)41-7-2)29(24-17-21(33)9-14-26(24)40-5)37-30(38)27(42-32(37)35-25)16-20-15-18(3)36(19(20)4)23-12-10-22(34)11-13-23/h9-17,29H,6-8H2,1-5H3/b27-16+/t29-/m1/s1. The summed E-state index contributed by atoms with van der Waals surface area (Å²) in [5.41, 5.74) is 5.34. The van der Waals surface area contributed by atoms with Crippen molar-refractivity contribution in [3.05, 3.63) is 111 Å². The molecule has 3 heterocycles. The molecule has 0 radical (unpaired) electrons. The molecular weight excluding hydrogens is 638 g/mol. The van der Waals surface area contributed by atoms with Crippen molar-refractivity contribution in [3.8, 4) is 11.4 Å². The van der Waals surface area contributed by atoms with Gasteiger partial charge in [0.05, 0.1) is 29.5 Å². The van der Waals surface area contributed by atoms with Crippen LogP contribution in [0.1, 0.15) is 55.2 Å². The van der Waals surface area contributed by atoms with Crippen molar-refractivity contribution in [2.45, 2.75) is 46.6 Å². The summed E-state index contributed by atoms with van der Waals surface area (Å²) in [6, 6.07) is 14.5. The number of benzene rings is 2. The maximum absolute atomic E-state index is 14.2. The third-order valence-corrected chi connectivity index (χ3v) is 8.95. The van der Waals surface area contributed by atoms with Gasteiger partial charge in [-0.2, -0.15) is 0 Å². The van der Waals surface area contributed by atoms with Gasteiger partial charge in [0, 0.05) is 32.1 Å². The van der Waals surface area contributed by atoms with Crippen LogP contribution >= 0.6 is 38.9 Å². The number of esters is 1. The number of thiazole rings is 1. The molecule has 0 unspecified atom stereocenters. The zero-order chi connectivity index (χ0) is 30.1. The first-order valence-corrected chi connectivity index (χ1v) is 15.7. The van der Waals surface area contributed by atoms with Crippen molar-refractivity contribution < 1.29 is 14.3 Å². The third-order valence-electron chi connectivity index (χ3n) is 7.22. The van der Waals surface area contributed by atoms with Gasteiger partial charge in [-0.05, 0) is 87.4 Å². The number of methoxy groups -OCH3 is 1. The molecule has 10 heteroatoms. The zero-order valence-corrected chi connectivity index (χ0v) is 27.2. The maximum Gasteiger partial charge on any atom is 0.338 e. The lowest BCUT2D eigenvalue weighted by atomic mass is 9.93. The van der Waals surface area contributed by atoms with Crippen molar-refractivity contribution in [2.24, 2.45) is 4.99 Å². The largest absolute Gasteiger partial charge is 0.496 e. The normalized spacial score (nSPS) is 15.0. The highest BCUT2D eigenvalue weighted by Gasteiger charge is 2.36. The fourth-order valence-electron chi connectivity index (χ4n) is 5.40. The van der Waals surface area contributed by atoms with Gasteiger partial charge in [0.1, 0.15) is 11.8 Å². The second-order valence-electron chi connectivity index (χ2n) is 9.94. The quantitative estimate of drug-likeness (QED) is 0.204. The predicted molar refractivity (Wildman–Crippen MR) is 171 cm³/mol. The molecule has 2 aromatic carbocycles. The number of carbonyl (C=O) groups is 1. The Bertz CT molecular complexity index is 1890. The molecule has 0 saturated carbocycles. The highest BCUT2D eigenvalue weighted by Crippen LogP contribution is 2.38. The maximum atomic E-state index is 14.2. The summed E-state index contributed by atoms with van der Waals surface area (Å²) in [5, 5.41) is 0.670. The number of carbonyl (C=O) groups excluding carboxylic acids is 1. The van der Waals surface area contributed by atoms with Gasteiger partial charge >= 0.3 is 5.97 Å². The molecule has 0 bridgehead atoms. The average Bonchev–Trinajstić information content (AvgIpc) is 3.42. The van der Waals surface area contributed by atoms with E-state index in [1.807, 2.05) is 69.3 Å². The number of nitrogens with zero attached hydrogens (tertiary/aromatic N) is 3. The van der Waals surface area contributed by atoms with Crippen LogP contribution in [0.5, 0.6) is 5.75 Å². The van der Waals surface area contributed by atoms with Crippen LogP contribution in [0.4, 0.5) is 0 Å². The molecule has 218 valence electrons. The summed E-state index contributed by atoms with van der Waals surface area (Å²) < 4.78 is 16.3. The average molecular weight is 669 g/mol. The van der Waals surface area contributed by atoms with Crippen molar-refractivity contribution >= 4 is 50.9 Å². The minimum Gasteiger partial charge on any atom is -0.496 e. The van der Waals surface area contributed by atoms with Crippen LogP contribution < -0.4 is 19.6 Å². The van der Waals surface area contributed by atoms with Gasteiger partial charge in [-0.15, -0.1) is 0 Å². The number of ether oxygens (including phenoxy) is 2. The van der Waals surface area contributed by atoms with Gasteiger partial charge in [0.25, 0.3) is 5.56 Å². The summed E-state index contributed by atoms with van der Waals surface area (Å²) >= 11 is 11.0. The van der Waals surface area contributed by atoms with Gasteiger partial charge in [0.15, 0.2) is 4.80 Å². The Labute approximate surface area is 261 Å². The van der Waals surface area contributed by atoms with Crippen LogP contribution in [0.2, 0.25) is 5.02 Å². The Hall–Kier alpha value is -3.40. The van der Waals surface area contributed by atoms with E-state index in [4.69, 9.17) is 26.1 Å². The van der Waals surface area contributed by atoms with Crippen molar-refractivity contribution in [1.29, 1.82) is 0 Å². The minimum absolute atomic E-state index is 0.206. The number of rotatable bonds is 8. The molecule has 0 spiro atoms. The summed E-state index contributed by atoms with van der Waals surface area (Å²) in [6.45, 7) is 8.06. The molecule has 0 fully saturated rings. The van der Waals surface area contributed by atoms with Gasteiger partial charge < -0.3 is 14.0 Å². The van der Waals surface area contributed by atoms with E-state index in [0.29, 0.717) is 43.4 Å². The first-order chi connectivity index (χ1) is 20.2. The third kappa shape index (κ3) is 5.53. The number of aromatic nitrogens is 2. The number of hydrogen-bond acceptors (Lipinski definition) is 6. The second kappa shape index (κ2) is 12.5. The Morgan fingerprint density at radius 1 is 1.14 bits per heavy atom. The zero-order valence-electron chi connectivity index (χ0n) is 24.0. The molecule has 2 aromatic heterocycles. The Morgan fingerprint density at radius 2 is 1.88 bits per heavy atom. The molecule has 0 amide bonds. The molecule has 42 heavy (non-hydrogen) atoms. The van der Waals surface area contributed by atoms with Crippen LogP contribution in [-0.2, 0) is 9.53 Å². The molecule has 1 atom stereocenters. The van der Waals surface area contributed by atoms with Gasteiger partial charge in [-0.3, -0.25) is 9.36 Å². The first-order valence-electron chi connectivity index (χ1n) is 13.7. The molecule has 0 saturated heterocycles. The van der Waals surface area contributed by atoms with Crippen LogP contribution in [0.25, 0.3) is 11.8 Å². The van der Waals surface area contributed by atoms with E-state index in [1.54, 1.807) is 18.6 Å². The van der Waals surface area contributed by atoms with Crippen molar-refractivity contribution in [1.82, 2.24) is 9.13 Å². The van der Waals surface area contributed by atoms with E-state index in [1.165, 1.54) is 11.3 Å². The van der Waals surface area contributed by atoms with E-state index in [0.717, 1.165) is 33.5 Å². The smallest absolute Gasteiger partial charge is 0.338 e. The van der Waals surface area contributed by atoms with Crippen LogP contribution in [0, 0.1) is 13.8 Å². The fourth-order valence-corrected chi connectivity index (χ4v) is 6.91. The molecule has 1 aliphatic heterocycles. The Morgan fingerprint density at radius 3 is 2.55 bits per heavy atom. The molecule has 5 rings (SSSR count). The topological polar surface area (TPSA) is 74.8 Å². The van der Waals surface area contributed by atoms with Crippen LogP contribution in [0.15, 0.2) is 74.1 Å². The van der Waals surface area contributed by atoms with Crippen LogP contribution in [0.3, 0.4) is 0 Å². The predicted octanol–water partition coefficient (Wildman–Crippen LogP) is 6.41. The monoisotopic (exact) mass is 667 g/mol. The molecule has 0 aliphatic carbocycles. The van der Waals surface area contributed by atoms with E-state index in [9.17, 15) is 9.59 Å². The second-order valence-corrected chi connectivity index (χ2v) is 12.3. The van der Waals surface area contributed by atoms with E-state index >= 15 is 0 Å². The van der Waals surface area contributed by atoms with Crippen molar-refractivity contribution in [2.75, 3.05) is 13.7 Å². The van der Waals surface area contributed by atoms with Gasteiger partial charge in [0.2, 0.25) is 0 Å².